The van der Waals surface area contributed by atoms with E-state index in [4.69, 9.17) is 9.47 Å². The number of amides is 4. The van der Waals surface area contributed by atoms with E-state index in [1.54, 1.807) is 30.0 Å². The van der Waals surface area contributed by atoms with E-state index < -0.39 is 17.5 Å². The number of likely N-dealkylation sites (tertiary alicyclic amines) is 1. The average Bonchev–Trinajstić information content (AvgIpc) is 2.91. The molecule has 2 atom stereocenters. The van der Waals surface area contributed by atoms with Gasteiger partial charge in [-0.1, -0.05) is 13.0 Å². The van der Waals surface area contributed by atoms with E-state index in [0.29, 0.717) is 49.3 Å². The number of benzene rings is 1. The van der Waals surface area contributed by atoms with Gasteiger partial charge in [0.25, 0.3) is 5.91 Å². The number of urea groups is 1. The number of imide groups is 1. The highest BCUT2D eigenvalue weighted by Gasteiger charge is 2.50. The molecule has 0 aromatic heterocycles. The molecule has 2 fully saturated rings. The van der Waals surface area contributed by atoms with Crippen molar-refractivity contribution in [1.29, 1.82) is 0 Å². The Balaban J connectivity index is 1.52. The first kappa shape index (κ1) is 18.6. The number of hydrogen-bond donors (Lipinski definition) is 1. The van der Waals surface area contributed by atoms with Gasteiger partial charge in [-0.05, 0) is 43.4 Å². The van der Waals surface area contributed by atoms with Gasteiger partial charge in [0.15, 0.2) is 11.5 Å². The van der Waals surface area contributed by atoms with Crippen LogP contribution in [0.4, 0.5) is 4.79 Å². The van der Waals surface area contributed by atoms with Gasteiger partial charge in [-0.25, -0.2) is 4.79 Å². The van der Waals surface area contributed by atoms with Gasteiger partial charge in [0.2, 0.25) is 5.91 Å². The van der Waals surface area contributed by atoms with Crippen molar-refractivity contribution in [2.45, 2.75) is 32.2 Å². The van der Waals surface area contributed by atoms with Crippen molar-refractivity contribution in [3.05, 3.63) is 23.8 Å². The highest BCUT2D eigenvalue weighted by Crippen LogP contribution is 2.36. The number of hydrogen-bond acceptors (Lipinski definition) is 5. The van der Waals surface area contributed by atoms with Crippen molar-refractivity contribution >= 4 is 17.8 Å². The highest BCUT2D eigenvalue weighted by atomic mass is 16.6. The van der Waals surface area contributed by atoms with E-state index in [9.17, 15) is 14.4 Å². The molecule has 3 aliphatic rings. The monoisotopic (exact) mass is 387 g/mol. The second kappa shape index (κ2) is 7.00. The zero-order chi connectivity index (χ0) is 19.9. The van der Waals surface area contributed by atoms with E-state index in [1.165, 1.54) is 0 Å². The van der Waals surface area contributed by atoms with Crippen LogP contribution in [0.3, 0.4) is 0 Å². The van der Waals surface area contributed by atoms with Crippen LogP contribution in [-0.4, -0.2) is 60.5 Å². The number of ether oxygens (including phenoxy) is 2. The van der Waals surface area contributed by atoms with Crippen LogP contribution in [0.2, 0.25) is 0 Å². The Morgan fingerprint density at radius 3 is 2.75 bits per heavy atom. The second-order valence-corrected chi connectivity index (χ2v) is 7.89. The summed E-state index contributed by atoms with van der Waals surface area (Å²) in [5.74, 6) is 0.961. The fourth-order valence-corrected chi connectivity index (χ4v) is 4.04. The molecular weight excluding hydrogens is 362 g/mol. The van der Waals surface area contributed by atoms with E-state index >= 15 is 0 Å². The highest BCUT2D eigenvalue weighted by molar-refractivity contribution is 6.09. The quantitative estimate of drug-likeness (QED) is 0.794. The molecule has 4 rings (SSSR count). The standard InChI is InChI=1S/C20H25N3O5/c1-13-4-3-7-22(11-13)17(24)12-23-18(25)20(2,21-19(23)26)14-5-6-15-16(10-14)28-9-8-27-15/h5-6,10,13H,3-4,7-9,11-12H2,1-2H3,(H,21,26)/t13-,20-/m1/s1. The molecule has 1 aromatic rings. The summed E-state index contributed by atoms with van der Waals surface area (Å²) < 4.78 is 11.1. The van der Waals surface area contributed by atoms with E-state index in [-0.39, 0.29) is 12.5 Å². The Bertz CT molecular complexity index is 826. The minimum atomic E-state index is -1.25. The van der Waals surface area contributed by atoms with Crippen molar-refractivity contribution in [2.24, 2.45) is 5.92 Å². The molecule has 0 spiro atoms. The molecule has 2 saturated heterocycles. The third-order valence-electron chi connectivity index (χ3n) is 5.70. The molecule has 150 valence electrons. The molecule has 0 saturated carbocycles. The van der Waals surface area contributed by atoms with Crippen LogP contribution in [0, 0.1) is 5.92 Å². The largest absolute Gasteiger partial charge is 0.486 e. The summed E-state index contributed by atoms with van der Waals surface area (Å²) in [4.78, 5) is 41.0. The lowest BCUT2D eigenvalue weighted by Gasteiger charge is -2.32. The van der Waals surface area contributed by atoms with Crippen molar-refractivity contribution in [3.8, 4) is 11.5 Å². The Morgan fingerprint density at radius 2 is 2.00 bits per heavy atom. The van der Waals surface area contributed by atoms with E-state index in [1.807, 2.05) is 0 Å². The summed E-state index contributed by atoms with van der Waals surface area (Å²) >= 11 is 0. The van der Waals surface area contributed by atoms with Gasteiger partial charge >= 0.3 is 6.03 Å². The first-order chi connectivity index (χ1) is 13.4. The second-order valence-electron chi connectivity index (χ2n) is 7.89. The fraction of sp³-hybridized carbons (Fsp3) is 0.550. The summed E-state index contributed by atoms with van der Waals surface area (Å²) in [6, 6.07) is 4.63. The zero-order valence-corrected chi connectivity index (χ0v) is 16.2. The Kier molecular flexibility index (Phi) is 4.64. The van der Waals surface area contributed by atoms with Crippen molar-refractivity contribution < 1.29 is 23.9 Å². The lowest BCUT2D eigenvalue weighted by atomic mass is 9.91. The van der Waals surface area contributed by atoms with Gasteiger partial charge in [-0.3, -0.25) is 14.5 Å². The molecule has 1 aromatic carbocycles. The Morgan fingerprint density at radius 1 is 1.25 bits per heavy atom. The van der Waals surface area contributed by atoms with Gasteiger partial charge in [0.05, 0.1) is 0 Å². The number of carbonyl (C=O) groups is 3. The third kappa shape index (κ3) is 3.16. The fourth-order valence-electron chi connectivity index (χ4n) is 4.04. The molecule has 28 heavy (non-hydrogen) atoms. The predicted octanol–water partition coefficient (Wildman–Crippen LogP) is 1.48. The van der Waals surface area contributed by atoms with Crippen molar-refractivity contribution in [1.82, 2.24) is 15.1 Å². The number of piperidine rings is 1. The van der Waals surface area contributed by atoms with Crippen LogP contribution in [0.1, 0.15) is 32.3 Å². The minimum Gasteiger partial charge on any atom is -0.486 e. The smallest absolute Gasteiger partial charge is 0.325 e. The molecule has 8 heteroatoms. The van der Waals surface area contributed by atoms with Crippen LogP contribution in [-0.2, 0) is 15.1 Å². The molecule has 0 aliphatic carbocycles. The van der Waals surface area contributed by atoms with Crippen LogP contribution in [0.25, 0.3) is 0 Å². The lowest BCUT2D eigenvalue weighted by Crippen LogP contribution is -2.47. The maximum Gasteiger partial charge on any atom is 0.325 e. The van der Waals surface area contributed by atoms with Gasteiger partial charge in [0.1, 0.15) is 25.3 Å². The maximum absolute atomic E-state index is 13.1. The summed E-state index contributed by atoms with van der Waals surface area (Å²) in [7, 11) is 0. The molecule has 3 heterocycles. The molecule has 0 unspecified atom stereocenters. The summed E-state index contributed by atoms with van der Waals surface area (Å²) in [5, 5.41) is 2.74. The summed E-state index contributed by atoms with van der Waals surface area (Å²) in [6.45, 7) is 5.76. The molecule has 4 amide bonds. The molecule has 1 N–H and O–H groups in total. The molecule has 8 nitrogen and oxygen atoms in total. The molecular formula is C20H25N3O5. The normalized spacial score (nSPS) is 27.0. The Labute approximate surface area is 163 Å². The van der Waals surface area contributed by atoms with Gasteiger partial charge < -0.3 is 19.7 Å². The average molecular weight is 387 g/mol. The molecule has 0 radical (unpaired) electrons. The third-order valence-corrected chi connectivity index (χ3v) is 5.70. The van der Waals surface area contributed by atoms with Crippen molar-refractivity contribution in [2.75, 3.05) is 32.8 Å². The van der Waals surface area contributed by atoms with Crippen molar-refractivity contribution in [3.63, 3.8) is 0 Å². The maximum atomic E-state index is 13.1. The minimum absolute atomic E-state index is 0.193. The first-order valence-electron chi connectivity index (χ1n) is 9.70. The topological polar surface area (TPSA) is 88.2 Å². The number of nitrogens with one attached hydrogen (secondary N) is 1. The zero-order valence-electron chi connectivity index (χ0n) is 16.2. The number of rotatable bonds is 3. The number of fused-ring (bicyclic) bond motifs is 1. The Hall–Kier alpha value is -2.77. The van der Waals surface area contributed by atoms with Gasteiger partial charge in [-0.15, -0.1) is 0 Å². The van der Waals surface area contributed by atoms with E-state index in [2.05, 4.69) is 12.2 Å². The molecule has 0 bridgehead atoms. The van der Waals surface area contributed by atoms with Crippen LogP contribution < -0.4 is 14.8 Å². The number of carbonyl (C=O) groups excluding carboxylic acids is 3. The van der Waals surface area contributed by atoms with Crippen LogP contribution >= 0.6 is 0 Å². The lowest BCUT2D eigenvalue weighted by molar-refractivity contribution is -0.139. The van der Waals surface area contributed by atoms with Crippen LogP contribution in [0.15, 0.2) is 18.2 Å². The van der Waals surface area contributed by atoms with Gasteiger partial charge in [-0.2, -0.15) is 0 Å². The summed E-state index contributed by atoms with van der Waals surface area (Å²) in [5.41, 5.74) is -0.654. The van der Waals surface area contributed by atoms with Gasteiger partial charge in [0, 0.05) is 13.1 Å². The number of nitrogens with zero attached hydrogens (tertiary/aromatic N) is 2. The summed E-state index contributed by atoms with van der Waals surface area (Å²) in [6.07, 6.45) is 2.04. The SMILES string of the molecule is C[C@@H]1CCCN(C(=O)CN2C(=O)N[C@](C)(c3ccc4c(c3)OCCO4)C2=O)C1. The predicted molar refractivity (Wildman–Crippen MR) is 100 cm³/mol. The van der Waals surface area contributed by atoms with Crippen LogP contribution in [0.5, 0.6) is 11.5 Å². The first-order valence-corrected chi connectivity index (χ1v) is 9.70. The van der Waals surface area contributed by atoms with E-state index in [0.717, 1.165) is 17.7 Å². The molecule has 3 aliphatic heterocycles.